The van der Waals surface area contributed by atoms with Gasteiger partial charge in [-0.25, -0.2) is 0 Å². The number of morpholine rings is 1. The van der Waals surface area contributed by atoms with Gasteiger partial charge < -0.3 is 26.4 Å². The van der Waals surface area contributed by atoms with Crippen molar-refractivity contribution in [1.29, 1.82) is 0 Å². The van der Waals surface area contributed by atoms with Crippen molar-refractivity contribution in [1.82, 2.24) is 10.2 Å². The topological polar surface area (TPSA) is 140 Å². The van der Waals surface area contributed by atoms with Crippen molar-refractivity contribution < 1.29 is 14.5 Å². The van der Waals surface area contributed by atoms with E-state index in [1.807, 2.05) is 36.1 Å². The van der Waals surface area contributed by atoms with Crippen LogP contribution < -0.4 is 21.7 Å². The zero-order valence-electron chi connectivity index (χ0n) is 19.4. The molecule has 0 atom stereocenters. The number of nitro benzene ring substituents is 1. The Balaban J connectivity index is 0.000000310. The molecule has 0 spiro atoms. The summed E-state index contributed by atoms with van der Waals surface area (Å²) in [5.41, 5.74) is 13.1. The summed E-state index contributed by atoms with van der Waals surface area (Å²) in [5.74, 6) is 0.0608. The monoisotopic (exact) mass is 492 g/mol. The molecule has 11 heteroatoms. The van der Waals surface area contributed by atoms with Crippen LogP contribution in [0.2, 0.25) is 5.02 Å². The van der Waals surface area contributed by atoms with Gasteiger partial charge in [0.05, 0.1) is 35.4 Å². The summed E-state index contributed by atoms with van der Waals surface area (Å²) in [6, 6.07) is 11.5. The van der Waals surface area contributed by atoms with Crippen LogP contribution in [0.4, 0.5) is 22.7 Å². The lowest BCUT2D eigenvalue weighted by Crippen LogP contribution is -2.40. The first kappa shape index (κ1) is 27.2. The Kier molecular flexibility index (Phi) is 11.4. The highest BCUT2D eigenvalue weighted by Crippen LogP contribution is 2.23. The third-order valence-corrected chi connectivity index (χ3v) is 5.57. The van der Waals surface area contributed by atoms with Crippen molar-refractivity contribution in [2.45, 2.75) is 13.3 Å². The zero-order chi connectivity index (χ0) is 24.9. The number of nitrogen functional groups attached to an aromatic ring is 2. The Morgan fingerprint density at radius 3 is 2.47 bits per heavy atom. The summed E-state index contributed by atoms with van der Waals surface area (Å²) >= 11 is 5.53. The second-order valence-corrected chi connectivity index (χ2v) is 8.13. The summed E-state index contributed by atoms with van der Waals surface area (Å²) in [6.07, 6.45) is 0.972. The predicted octanol–water partition coefficient (Wildman–Crippen LogP) is 2.76. The zero-order valence-corrected chi connectivity index (χ0v) is 20.2. The highest BCUT2D eigenvalue weighted by Gasteiger charge is 2.12. The van der Waals surface area contributed by atoms with Gasteiger partial charge in [-0.3, -0.25) is 19.8 Å². The van der Waals surface area contributed by atoms with E-state index in [2.05, 4.69) is 10.2 Å². The molecule has 1 fully saturated rings. The molecule has 3 rings (SSSR count). The number of non-ortho nitro benzene ring substituents is 1. The quantitative estimate of drug-likeness (QED) is 0.210. The van der Waals surface area contributed by atoms with E-state index in [4.69, 9.17) is 27.8 Å². The Labute approximate surface area is 204 Å². The lowest BCUT2D eigenvalue weighted by molar-refractivity contribution is -0.384. The van der Waals surface area contributed by atoms with Crippen molar-refractivity contribution in [3.8, 4) is 0 Å². The fourth-order valence-electron chi connectivity index (χ4n) is 3.28. The van der Waals surface area contributed by atoms with E-state index in [1.165, 1.54) is 18.2 Å². The van der Waals surface area contributed by atoms with Crippen LogP contribution in [0.15, 0.2) is 42.5 Å². The minimum Gasteiger partial charge on any atom is -0.399 e. The van der Waals surface area contributed by atoms with Gasteiger partial charge in [0.2, 0.25) is 5.91 Å². The first-order valence-corrected chi connectivity index (χ1v) is 11.5. The molecule has 0 radical (unpaired) electrons. The minimum absolute atomic E-state index is 0.0517. The average Bonchev–Trinajstić information content (AvgIpc) is 2.83. The van der Waals surface area contributed by atoms with Crippen molar-refractivity contribution in [2.24, 2.45) is 0 Å². The van der Waals surface area contributed by atoms with Crippen molar-refractivity contribution in [3.05, 3.63) is 57.6 Å². The van der Waals surface area contributed by atoms with Gasteiger partial charge in [0.1, 0.15) is 0 Å². The maximum Gasteiger partial charge on any atom is 0.271 e. The number of carbonyl (C=O) groups is 1. The molecule has 5 N–H and O–H groups in total. The highest BCUT2D eigenvalue weighted by molar-refractivity contribution is 6.33. The van der Waals surface area contributed by atoms with Crippen LogP contribution in [-0.4, -0.2) is 68.2 Å². The molecule has 186 valence electrons. The summed E-state index contributed by atoms with van der Waals surface area (Å²) in [7, 11) is 0. The number of ether oxygens (including phenoxy) is 1. The molecule has 0 unspecified atom stereocenters. The molecule has 2 aromatic rings. The average molecular weight is 493 g/mol. The number of hydrogen-bond donors (Lipinski definition) is 3. The number of nitrogens with zero attached hydrogens (tertiary/aromatic N) is 3. The number of hydrogen-bond acceptors (Lipinski definition) is 8. The maximum absolute atomic E-state index is 12.1. The van der Waals surface area contributed by atoms with Crippen LogP contribution in [0, 0.1) is 10.1 Å². The molecular formula is C23H33ClN6O4. The molecule has 1 aliphatic rings. The normalized spacial score (nSPS) is 13.5. The molecule has 0 aliphatic carbocycles. The first-order chi connectivity index (χ1) is 16.3. The number of halogens is 1. The Hall–Kier alpha value is -3.08. The summed E-state index contributed by atoms with van der Waals surface area (Å²) in [4.78, 5) is 26.2. The number of nitrogens with two attached hydrogens (primary N) is 2. The SMILES string of the molecule is CCN(CC(=O)NCCCN1CCOCC1)c1ccc(N)cc1.Nc1ccc([N+](=O)[O-])cc1Cl. The van der Waals surface area contributed by atoms with Gasteiger partial charge in [-0.1, -0.05) is 11.6 Å². The van der Waals surface area contributed by atoms with Gasteiger partial charge in [-0.2, -0.15) is 0 Å². The molecule has 1 amide bonds. The fraction of sp³-hybridized carbons (Fsp3) is 0.435. The molecule has 0 saturated carbocycles. The highest BCUT2D eigenvalue weighted by atomic mass is 35.5. The molecule has 34 heavy (non-hydrogen) atoms. The first-order valence-electron chi connectivity index (χ1n) is 11.2. The second-order valence-electron chi connectivity index (χ2n) is 7.73. The van der Waals surface area contributed by atoms with Crippen molar-refractivity contribution in [2.75, 3.05) is 68.8 Å². The molecule has 10 nitrogen and oxygen atoms in total. The number of likely N-dealkylation sites (N-methyl/N-ethyl adjacent to an activating group) is 1. The number of amides is 1. The van der Waals surface area contributed by atoms with E-state index in [1.54, 1.807) is 0 Å². The molecule has 1 saturated heterocycles. The smallest absolute Gasteiger partial charge is 0.271 e. The van der Waals surface area contributed by atoms with Crippen LogP contribution in [0.5, 0.6) is 0 Å². The van der Waals surface area contributed by atoms with Crippen LogP contribution in [0.3, 0.4) is 0 Å². The van der Waals surface area contributed by atoms with Gasteiger partial charge in [0.15, 0.2) is 0 Å². The van der Waals surface area contributed by atoms with E-state index >= 15 is 0 Å². The van der Waals surface area contributed by atoms with E-state index in [-0.39, 0.29) is 16.6 Å². The maximum atomic E-state index is 12.1. The lowest BCUT2D eigenvalue weighted by Gasteiger charge is -2.26. The largest absolute Gasteiger partial charge is 0.399 e. The third kappa shape index (κ3) is 9.42. The van der Waals surface area contributed by atoms with Gasteiger partial charge >= 0.3 is 0 Å². The van der Waals surface area contributed by atoms with Crippen molar-refractivity contribution in [3.63, 3.8) is 0 Å². The van der Waals surface area contributed by atoms with E-state index < -0.39 is 4.92 Å². The van der Waals surface area contributed by atoms with Crippen LogP contribution >= 0.6 is 11.6 Å². The van der Waals surface area contributed by atoms with Gasteiger partial charge in [0, 0.05) is 49.7 Å². The van der Waals surface area contributed by atoms with Gasteiger partial charge in [-0.15, -0.1) is 0 Å². The third-order valence-electron chi connectivity index (χ3n) is 5.25. The number of anilines is 3. The molecule has 1 aliphatic heterocycles. The minimum atomic E-state index is -0.522. The Morgan fingerprint density at radius 1 is 1.21 bits per heavy atom. The summed E-state index contributed by atoms with van der Waals surface area (Å²) in [5, 5.41) is 13.4. The van der Waals surface area contributed by atoms with Crippen LogP contribution in [0.1, 0.15) is 13.3 Å². The second kappa shape index (κ2) is 14.2. The summed E-state index contributed by atoms with van der Waals surface area (Å²) in [6.45, 7) is 8.56. The van der Waals surface area contributed by atoms with Gasteiger partial charge in [0.25, 0.3) is 5.69 Å². The molecule has 2 aromatic carbocycles. The Bertz CT molecular complexity index is 922. The predicted molar refractivity (Wildman–Crippen MR) is 136 cm³/mol. The van der Waals surface area contributed by atoms with Crippen molar-refractivity contribution >= 4 is 40.3 Å². The van der Waals surface area contributed by atoms with Gasteiger partial charge in [-0.05, 0) is 50.2 Å². The number of benzene rings is 2. The molecule has 0 bridgehead atoms. The van der Waals surface area contributed by atoms with E-state index in [0.29, 0.717) is 12.2 Å². The molecule has 1 heterocycles. The van der Waals surface area contributed by atoms with E-state index in [9.17, 15) is 14.9 Å². The fourth-order valence-corrected chi connectivity index (χ4v) is 3.46. The lowest BCUT2D eigenvalue weighted by atomic mass is 10.2. The molecular weight excluding hydrogens is 460 g/mol. The number of nitro groups is 1. The number of nitrogens with one attached hydrogen (secondary N) is 1. The van der Waals surface area contributed by atoms with E-state index in [0.717, 1.165) is 63.7 Å². The number of rotatable bonds is 9. The Morgan fingerprint density at radius 2 is 1.88 bits per heavy atom. The number of carbonyl (C=O) groups excluding carboxylic acids is 1. The summed E-state index contributed by atoms with van der Waals surface area (Å²) < 4.78 is 5.32. The standard InChI is InChI=1S/C17H28N4O2.C6H5ClN2O2/c1-2-21(16-6-4-15(18)5-7-16)14-17(22)19-8-3-9-20-10-12-23-13-11-20;7-5-3-4(9(10)11)1-2-6(5)8/h4-7H,2-3,8-14,18H2,1H3,(H,19,22);1-3H,8H2. The van der Waals surface area contributed by atoms with Crippen LogP contribution in [0.25, 0.3) is 0 Å². The molecule has 0 aromatic heterocycles. The van der Waals surface area contributed by atoms with Crippen LogP contribution in [-0.2, 0) is 9.53 Å².